The van der Waals surface area contributed by atoms with E-state index in [1.165, 1.54) is 11.8 Å². The van der Waals surface area contributed by atoms with Crippen LogP contribution in [-0.2, 0) is 0 Å². The molecule has 2 aromatic heterocycles. The maximum Gasteiger partial charge on any atom is 0.192 e. The van der Waals surface area contributed by atoms with Crippen LogP contribution in [0.5, 0.6) is 0 Å². The van der Waals surface area contributed by atoms with Gasteiger partial charge < -0.3 is 5.32 Å². The Morgan fingerprint density at radius 1 is 1.19 bits per heavy atom. The number of pyridine rings is 1. The third-order valence-electron chi connectivity index (χ3n) is 1.97. The minimum atomic E-state index is 0.758. The molecule has 5 heteroatoms. The molecular formula is C11H12N4S. The number of hydrogen-bond donors (Lipinski definition) is 1. The minimum Gasteiger partial charge on any atom is -0.373 e. The van der Waals surface area contributed by atoms with E-state index >= 15 is 0 Å². The van der Waals surface area contributed by atoms with Gasteiger partial charge in [0.15, 0.2) is 5.16 Å². The van der Waals surface area contributed by atoms with E-state index < -0.39 is 0 Å². The van der Waals surface area contributed by atoms with Crippen LogP contribution in [0.1, 0.15) is 5.69 Å². The van der Waals surface area contributed by atoms with Crippen molar-refractivity contribution in [3.8, 4) is 0 Å². The summed E-state index contributed by atoms with van der Waals surface area (Å²) < 4.78 is 0. The zero-order valence-electron chi connectivity index (χ0n) is 9.14. The summed E-state index contributed by atoms with van der Waals surface area (Å²) in [6.07, 6.45) is 3.54. The summed E-state index contributed by atoms with van der Waals surface area (Å²) in [4.78, 5) is 13.8. The van der Waals surface area contributed by atoms with Crippen LogP contribution in [0.3, 0.4) is 0 Å². The van der Waals surface area contributed by atoms with E-state index in [0.29, 0.717) is 0 Å². The predicted octanol–water partition coefficient (Wildman–Crippen LogP) is 2.37. The second-order valence-electron chi connectivity index (χ2n) is 3.21. The number of anilines is 1. The van der Waals surface area contributed by atoms with Crippen LogP contribution in [0, 0.1) is 6.92 Å². The molecule has 16 heavy (non-hydrogen) atoms. The van der Waals surface area contributed by atoms with Crippen molar-refractivity contribution < 1.29 is 0 Å². The van der Waals surface area contributed by atoms with Gasteiger partial charge in [0.2, 0.25) is 0 Å². The molecule has 0 aliphatic rings. The Morgan fingerprint density at radius 2 is 2.00 bits per heavy atom. The highest BCUT2D eigenvalue weighted by Gasteiger charge is 2.01. The molecule has 0 atom stereocenters. The summed E-state index contributed by atoms with van der Waals surface area (Å²) in [5.74, 6) is 0.845. The van der Waals surface area contributed by atoms with E-state index in [0.717, 1.165) is 21.6 Å². The van der Waals surface area contributed by atoms with Crippen LogP contribution in [0.4, 0.5) is 5.82 Å². The van der Waals surface area contributed by atoms with Crippen molar-refractivity contribution in [1.82, 2.24) is 15.0 Å². The van der Waals surface area contributed by atoms with Gasteiger partial charge in [-0.2, -0.15) is 0 Å². The molecule has 0 spiro atoms. The third-order valence-corrected chi connectivity index (χ3v) is 2.84. The predicted molar refractivity (Wildman–Crippen MR) is 64.7 cm³/mol. The van der Waals surface area contributed by atoms with E-state index in [2.05, 4.69) is 20.3 Å². The number of hydrogen-bond acceptors (Lipinski definition) is 5. The van der Waals surface area contributed by atoms with Crippen molar-refractivity contribution in [2.24, 2.45) is 0 Å². The summed E-state index contributed by atoms with van der Waals surface area (Å²) in [6.45, 7) is 1.96. The van der Waals surface area contributed by atoms with Crippen molar-refractivity contribution in [2.45, 2.75) is 17.0 Å². The lowest BCUT2D eigenvalue weighted by Crippen LogP contribution is -1.92. The Morgan fingerprint density at radius 3 is 2.75 bits per heavy atom. The Balaban J connectivity index is 2.20. The Bertz CT molecular complexity index is 487. The van der Waals surface area contributed by atoms with Gasteiger partial charge in [-0.3, -0.25) is 0 Å². The molecule has 0 saturated carbocycles. The van der Waals surface area contributed by atoms with Gasteiger partial charge in [-0.25, -0.2) is 15.0 Å². The first kappa shape index (κ1) is 10.9. The first-order valence-electron chi connectivity index (χ1n) is 4.89. The first-order chi connectivity index (χ1) is 7.78. The van der Waals surface area contributed by atoms with Crippen LogP contribution in [0.15, 0.2) is 40.6 Å². The molecule has 0 bridgehead atoms. The monoisotopic (exact) mass is 232 g/mol. The van der Waals surface area contributed by atoms with Crippen molar-refractivity contribution in [3.63, 3.8) is 0 Å². The van der Waals surface area contributed by atoms with Crippen LogP contribution in [-0.4, -0.2) is 22.0 Å². The molecule has 4 nitrogen and oxygen atoms in total. The van der Waals surface area contributed by atoms with Gasteiger partial charge in [0, 0.05) is 30.0 Å². The summed E-state index contributed by atoms with van der Waals surface area (Å²) in [6, 6.07) is 5.79. The Kier molecular flexibility index (Phi) is 3.36. The SMILES string of the molecule is CNc1cc(Sc2nccc(C)n2)ccn1. The van der Waals surface area contributed by atoms with Crippen molar-refractivity contribution in [3.05, 3.63) is 36.3 Å². The Labute approximate surface area is 98.6 Å². The molecule has 2 heterocycles. The van der Waals surface area contributed by atoms with Crippen LogP contribution in [0.25, 0.3) is 0 Å². The third kappa shape index (κ3) is 2.70. The minimum absolute atomic E-state index is 0.758. The average molecular weight is 232 g/mol. The zero-order valence-corrected chi connectivity index (χ0v) is 9.95. The molecule has 0 fully saturated rings. The highest BCUT2D eigenvalue weighted by Crippen LogP contribution is 2.25. The molecule has 0 aliphatic heterocycles. The molecule has 2 rings (SSSR count). The topological polar surface area (TPSA) is 50.7 Å². The smallest absolute Gasteiger partial charge is 0.192 e. The highest BCUT2D eigenvalue weighted by atomic mass is 32.2. The van der Waals surface area contributed by atoms with E-state index in [9.17, 15) is 0 Å². The van der Waals surface area contributed by atoms with Crippen molar-refractivity contribution in [1.29, 1.82) is 0 Å². The maximum atomic E-state index is 4.33. The maximum absolute atomic E-state index is 4.33. The van der Waals surface area contributed by atoms with Gasteiger partial charge in [0.1, 0.15) is 5.82 Å². The highest BCUT2D eigenvalue weighted by molar-refractivity contribution is 7.99. The molecule has 0 amide bonds. The van der Waals surface area contributed by atoms with Gasteiger partial charge in [-0.1, -0.05) is 0 Å². The van der Waals surface area contributed by atoms with Gasteiger partial charge in [0.25, 0.3) is 0 Å². The quantitative estimate of drug-likeness (QED) is 0.823. The molecule has 0 radical (unpaired) electrons. The van der Waals surface area contributed by atoms with Gasteiger partial charge >= 0.3 is 0 Å². The van der Waals surface area contributed by atoms with Crippen molar-refractivity contribution >= 4 is 17.6 Å². The molecule has 0 saturated heterocycles. The van der Waals surface area contributed by atoms with Crippen LogP contribution in [0.2, 0.25) is 0 Å². The number of nitrogens with one attached hydrogen (secondary N) is 1. The number of nitrogens with zero attached hydrogens (tertiary/aromatic N) is 3. The number of aromatic nitrogens is 3. The lowest BCUT2D eigenvalue weighted by molar-refractivity contribution is 0.932. The number of aryl methyl sites for hydroxylation is 1. The average Bonchev–Trinajstić information content (AvgIpc) is 2.29. The Hall–Kier alpha value is -1.62. The fraction of sp³-hybridized carbons (Fsp3) is 0.182. The molecule has 0 unspecified atom stereocenters. The number of rotatable bonds is 3. The molecule has 82 valence electrons. The fourth-order valence-corrected chi connectivity index (χ4v) is 2.01. The van der Waals surface area contributed by atoms with Gasteiger partial charge in [0.05, 0.1) is 0 Å². The summed E-state index contributed by atoms with van der Waals surface area (Å²) in [5, 5.41) is 3.76. The van der Waals surface area contributed by atoms with E-state index in [-0.39, 0.29) is 0 Å². The molecule has 1 N–H and O–H groups in total. The fourth-order valence-electron chi connectivity index (χ4n) is 1.19. The molecule has 0 aliphatic carbocycles. The summed E-state index contributed by atoms with van der Waals surface area (Å²) in [5.41, 5.74) is 0.973. The van der Waals surface area contributed by atoms with E-state index in [1.54, 1.807) is 12.4 Å². The second-order valence-corrected chi connectivity index (χ2v) is 4.25. The lowest BCUT2D eigenvalue weighted by atomic mass is 10.5. The molecular weight excluding hydrogens is 220 g/mol. The standard InChI is InChI=1S/C11H12N4S/c1-8-3-5-14-11(15-8)16-9-4-6-13-10(7-9)12-2/h3-7H,1-2H3,(H,12,13). The zero-order chi connectivity index (χ0) is 11.4. The van der Waals surface area contributed by atoms with Crippen LogP contribution < -0.4 is 5.32 Å². The molecule has 2 aromatic rings. The normalized spacial score (nSPS) is 10.1. The lowest BCUT2D eigenvalue weighted by Gasteiger charge is -2.03. The van der Waals surface area contributed by atoms with Crippen molar-refractivity contribution in [2.75, 3.05) is 12.4 Å². The largest absolute Gasteiger partial charge is 0.373 e. The van der Waals surface area contributed by atoms with E-state index in [1.807, 2.05) is 32.2 Å². The van der Waals surface area contributed by atoms with Crippen LogP contribution >= 0.6 is 11.8 Å². The summed E-state index contributed by atoms with van der Waals surface area (Å²) >= 11 is 1.53. The second kappa shape index (κ2) is 4.94. The first-order valence-corrected chi connectivity index (χ1v) is 5.71. The van der Waals surface area contributed by atoms with Gasteiger partial charge in [-0.15, -0.1) is 0 Å². The summed E-state index contributed by atoms with van der Waals surface area (Å²) in [7, 11) is 1.85. The molecule has 0 aromatic carbocycles. The van der Waals surface area contributed by atoms with Gasteiger partial charge in [-0.05, 0) is 36.9 Å². The van der Waals surface area contributed by atoms with E-state index in [4.69, 9.17) is 0 Å².